The Morgan fingerprint density at radius 3 is 2.05 bits per heavy atom. The Bertz CT molecular complexity index is 512. The Morgan fingerprint density at radius 2 is 1.53 bits per heavy atom. The molecule has 1 N–H and O–H groups in total. The van der Waals surface area contributed by atoms with E-state index in [9.17, 15) is 31.4 Å². The maximum atomic E-state index is 12.6. The number of halogens is 6. The van der Waals surface area contributed by atoms with E-state index in [0.717, 1.165) is 12.1 Å². The fraction of sp³-hybridized carbons (Fsp3) is 0.333. The first-order valence-electron chi connectivity index (χ1n) is 5.23. The first-order valence-corrected chi connectivity index (χ1v) is 5.23. The lowest BCUT2D eigenvalue weighted by molar-refractivity contribution is -0.376. The molecule has 1 nitrogen and oxygen atoms in total. The third-order valence-corrected chi connectivity index (χ3v) is 3.02. The molecule has 0 bridgehead atoms. The van der Waals surface area contributed by atoms with Gasteiger partial charge in [0.2, 0.25) is 0 Å². The molecule has 0 saturated heterocycles. The van der Waals surface area contributed by atoms with Crippen LogP contribution in [0.15, 0.2) is 24.3 Å². The number of aliphatic hydroxyl groups is 1. The second-order valence-electron chi connectivity index (χ2n) is 4.23. The summed E-state index contributed by atoms with van der Waals surface area (Å²) in [5.74, 6) is 0. The van der Waals surface area contributed by atoms with Crippen LogP contribution in [0.2, 0.25) is 0 Å². The number of allylic oxidation sites excluding steroid dienone is 1. The molecular weight excluding hydrogens is 274 g/mol. The highest BCUT2D eigenvalue weighted by atomic mass is 19.4. The Balaban J connectivity index is 2.61. The van der Waals surface area contributed by atoms with Gasteiger partial charge in [-0.15, -0.1) is 0 Å². The monoisotopic (exact) mass is 282 g/mol. The number of hydrogen-bond donors (Lipinski definition) is 1. The first-order chi connectivity index (χ1) is 8.57. The summed E-state index contributed by atoms with van der Waals surface area (Å²) >= 11 is 0. The molecule has 1 aliphatic carbocycles. The molecule has 0 fully saturated rings. The molecule has 7 heteroatoms. The minimum absolute atomic E-state index is 0.254. The van der Waals surface area contributed by atoms with Crippen molar-refractivity contribution in [1.29, 1.82) is 0 Å². The van der Waals surface area contributed by atoms with Crippen molar-refractivity contribution in [2.24, 2.45) is 0 Å². The quantitative estimate of drug-likeness (QED) is 0.781. The van der Waals surface area contributed by atoms with Crippen molar-refractivity contribution >= 4 is 6.08 Å². The molecule has 0 heterocycles. The van der Waals surface area contributed by atoms with Gasteiger partial charge in [0.05, 0.1) is 0 Å². The molecule has 0 unspecified atom stereocenters. The van der Waals surface area contributed by atoms with E-state index in [0.29, 0.717) is 18.1 Å². The average Bonchev–Trinajstić information content (AvgIpc) is 2.71. The summed E-state index contributed by atoms with van der Waals surface area (Å²) in [6, 6.07) is 2.54. The van der Waals surface area contributed by atoms with Gasteiger partial charge in [0, 0.05) is 5.56 Å². The van der Waals surface area contributed by atoms with Crippen molar-refractivity contribution in [3.05, 3.63) is 41.0 Å². The smallest absolute Gasteiger partial charge is 0.369 e. The van der Waals surface area contributed by atoms with Crippen molar-refractivity contribution < 1.29 is 31.4 Å². The van der Waals surface area contributed by atoms with Crippen molar-refractivity contribution in [2.75, 3.05) is 0 Å². The third kappa shape index (κ3) is 2.01. The molecule has 0 saturated carbocycles. The van der Waals surface area contributed by atoms with Gasteiger partial charge in [-0.2, -0.15) is 26.3 Å². The van der Waals surface area contributed by atoms with Gasteiger partial charge in [0.1, 0.15) is 0 Å². The SMILES string of the molecule is OC(c1ccc2c(c1)C=CC2)(C(F)(F)F)C(F)(F)F. The largest absolute Gasteiger partial charge is 0.430 e. The molecule has 1 aliphatic rings. The van der Waals surface area contributed by atoms with Crippen LogP contribution >= 0.6 is 0 Å². The van der Waals surface area contributed by atoms with Crippen molar-refractivity contribution in [1.82, 2.24) is 0 Å². The van der Waals surface area contributed by atoms with Crippen LogP contribution in [0.25, 0.3) is 6.08 Å². The van der Waals surface area contributed by atoms with Crippen LogP contribution in [0, 0.1) is 0 Å². The highest BCUT2D eigenvalue weighted by Crippen LogP contribution is 2.50. The minimum Gasteiger partial charge on any atom is -0.369 e. The second-order valence-corrected chi connectivity index (χ2v) is 4.23. The van der Waals surface area contributed by atoms with Crippen LogP contribution in [0.4, 0.5) is 26.3 Å². The highest BCUT2D eigenvalue weighted by Gasteiger charge is 2.71. The zero-order valence-electron chi connectivity index (χ0n) is 9.31. The van der Waals surface area contributed by atoms with Crippen LogP contribution < -0.4 is 0 Å². The topological polar surface area (TPSA) is 20.2 Å². The number of rotatable bonds is 1. The summed E-state index contributed by atoms with van der Waals surface area (Å²) in [5, 5.41) is 9.21. The van der Waals surface area contributed by atoms with Crippen molar-refractivity contribution in [3.8, 4) is 0 Å². The molecule has 0 aliphatic heterocycles. The summed E-state index contributed by atoms with van der Waals surface area (Å²) in [7, 11) is 0. The Labute approximate surface area is 104 Å². The normalized spacial score (nSPS) is 15.7. The molecule has 0 amide bonds. The van der Waals surface area contributed by atoms with Gasteiger partial charge in [-0.05, 0) is 23.6 Å². The molecule has 0 aromatic heterocycles. The second kappa shape index (κ2) is 4.00. The standard InChI is InChI=1S/C12H8F6O/c13-11(14,15)10(19,12(16,17)18)9-5-4-7-2-1-3-8(7)6-9/h1,3-6,19H,2H2. The van der Waals surface area contributed by atoms with E-state index in [1.165, 1.54) is 6.08 Å². The molecule has 0 spiro atoms. The van der Waals surface area contributed by atoms with Gasteiger partial charge in [-0.3, -0.25) is 0 Å². The Morgan fingerprint density at radius 1 is 0.947 bits per heavy atom. The summed E-state index contributed by atoms with van der Waals surface area (Å²) in [6.45, 7) is 0. The van der Waals surface area contributed by atoms with Gasteiger partial charge < -0.3 is 5.11 Å². The van der Waals surface area contributed by atoms with Crippen molar-refractivity contribution in [2.45, 2.75) is 24.4 Å². The average molecular weight is 282 g/mol. The first kappa shape index (κ1) is 13.9. The van der Waals surface area contributed by atoms with E-state index in [2.05, 4.69) is 0 Å². The molecular formula is C12H8F6O. The summed E-state index contributed by atoms with van der Waals surface area (Å²) in [5.41, 5.74) is -5.21. The lowest BCUT2D eigenvalue weighted by Crippen LogP contribution is -2.53. The zero-order chi connectivity index (χ0) is 14.5. The Kier molecular flexibility index (Phi) is 2.93. The van der Waals surface area contributed by atoms with E-state index in [1.807, 2.05) is 0 Å². The number of fused-ring (bicyclic) bond motifs is 1. The van der Waals surface area contributed by atoms with Crippen LogP contribution in [0.5, 0.6) is 0 Å². The zero-order valence-corrected chi connectivity index (χ0v) is 9.31. The number of hydrogen-bond acceptors (Lipinski definition) is 1. The maximum Gasteiger partial charge on any atom is 0.430 e. The van der Waals surface area contributed by atoms with Crippen LogP contribution in [0.1, 0.15) is 16.7 Å². The van der Waals surface area contributed by atoms with Gasteiger partial charge in [-0.1, -0.05) is 24.3 Å². The predicted octanol–water partition coefficient (Wildman–Crippen LogP) is 3.57. The van der Waals surface area contributed by atoms with Gasteiger partial charge >= 0.3 is 12.4 Å². The third-order valence-electron chi connectivity index (χ3n) is 3.02. The van der Waals surface area contributed by atoms with Crippen LogP contribution in [-0.2, 0) is 12.0 Å². The molecule has 0 atom stereocenters. The number of alkyl halides is 6. The fourth-order valence-electron chi connectivity index (χ4n) is 1.96. The molecule has 104 valence electrons. The van der Waals surface area contributed by atoms with Gasteiger partial charge in [-0.25, -0.2) is 0 Å². The molecule has 2 rings (SSSR count). The fourth-order valence-corrected chi connectivity index (χ4v) is 1.96. The molecule has 0 radical (unpaired) electrons. The lowest BCUT2D eigenvalue weighted by Gasteiger charge is -2.32. The maximum absolute atomic E-state index is 12.6. The molecule has 19 heavy (non-hydrogen) atoms. The van der Waals surface area contributed by atoms with E-state index in [1.54, 1.807) is 6.08 Å². The summed E-state index contributed by atoms with van der Waals surface area (Å²) in [6.07, 6.45) is -8.20. The van der Waals surface area contributed by atoms with E-state index in [-0.39, 0.29) is 5.56 Å². The van der Waals surface area contributed by atoms with Crippen LogP contribution in [-0.4, -0.2) is 17.5 Å². The van der Waals surface area contributed by atoms with E-state index < -0.39 is 23.5 Å². The molecule has 1 aromatic rings. The minimum atomic E-state index is -5.85. The lowest BCUT2D eigenvalue weighted by atomic mass is 9.90. The highest BCUT2D eigenvalue weighted by molar-refractivity contribution is 5.61. The van der Waals surface area contributed by atoms with Crippen molar-refractivity contribution in [3.63, 3.8) is 0 Å². The van der Waals surface area contributed by atoms with E-state index >= 15 is 0 Å². The summed E-state index contributed by atoms with van der Waals surface area (Å²) < 4.78 is 75.9. The predicted molar refractivity (Wildman–Crippen MR) is 55.2 cm³/mol. The number of benzene rings is 1. The van der Waals surface area contributed by atoms with Gasteiger partial charge in [0.15, 0.2) is 0 Å². The van der Waals surface area contributed by atoms with Crippen LogP contribution in [0.3, 0.4) is 0 Å². The van der Waals surface area contributed by atoms with Gasteiger partial charge in [0.25, 0.3) is 5.60 Å². The summed E-state index contributed by atoms with van der Waals surface area (Å²) in [4.78, 5) is 0. The molecule has 1 aromatic carbocycles. The van der Waals surface area contributed by atoms with E-state index in [4.69, 9.17) is 0 Å². The Hall–Kier alpha value is -1.50.